The van der Waals surface area contributed by atoms with E-state index in [1.54, 1.807) is 0 Å². The highest BCUT2D eigenvalue weighted by molar-refractivity contribution is 8.00. The third-order valence-electron chi connectivity index (χ3n) is 2.84. The van der Waals surface area contributed by atoms with E-state index < -0.39 is 0 Å². The Hall–Kier alpha value is -0.380. The lowest BCUT2D eigenvalue weighted by Gasteiger charge is -2.33. The first-order chi connectivity index (χ1) is 7.70. The van der Waals surface area contributed by atoms with Crippen LogP contribution in [0.2, 0.25) is 5.02 Å². The van der Waals surface area contributed by atoms with Crippen LogP contribution in [0.1, 0.15) is 12.5 Å². The van der Waals surface area contributed by atoms with Gasteiger partial charge in [0.2, 0.25) is 0 Å². The SMILES string of the molecule is CC1CN(c2ccc(Cl)cc2CN)CCS1. The van der Waals surface area contributed by atoms with Gasteiger partial charge in [-0.1, -0.05) is 18.5 Å². The molecule has 2 rings (SSSR count). The average Bonchev–Trinajstić information content (AvgIpc) is 2.28. The van der Waals surface area contributed by atoms with E-state index in [9.17, 15) is 0 Å². The Labute approximate surface area is 106 Å². The van der Waals surface area contributed by atoms with Gasteiger partial charge in [0, 0.05) is 41.3 Å². The predicted octanol–water partition coefficient (Wildman–Crippen LogP) is 2.74. The van der Waals surface area contributed by atoms with Crippen LogP contribution in [0.25, 0.3) is 0 Å². The highest BCUT2D eigenvalue weighted by Gasteiger charge is 2.18. The van der Waals surface area contributed by atoms with Crippen molar-refractivity contribution < 1.29 is 0 Å². The van der Waals surface area contributed by atoms with Crippen molar-refractivity contribution in [3.63, 3.8) is 0 Å². The van der Waals surface area contributed by atoms with Crippen molar-refractivity contribution in [2.75, 3.05) is 23.7 Å². The maximum absolute atomic E-state index is 5.98. The minimum atomic E-state index is 0.550. The van der Waals surface area contributed by atoms with Gasteiger partial charge in [0.25, 0.3) is 0 Å². The Morgan fingerprint density at radius 1 is 1.56 bits per heavy atom. The summed E-state index contributed by atoms with van der Waals surface area (Å²) >= 11 is 8.02. The van der Waals surface area contributed by atoms with Gasteiger partial charge in [-0.05, 0) is 23.8 Å². The van der Waals surface area contributed by atoms with Crippen molar-refractivity contribution in [3.05, 3.63) is 28.8 Å². The first-order valence-corrected chi connectivity index (χ1v) is 6.98. The summed E-state index contributed by atoms with van der Waals surface area (Å²) in [5.74, 6) is 1.19. The van der Waals surface area contributed by atoms with Crippen LogP contribution in [-0.4, -0.2) is 24.1 Å². The van der Waals surface area contributed by atoms with Crippen LogP contribution in [0.15, 0.2) is 18.2 Å². The van der Waals surface area contributed by atoms with Gasteiger partial charge in [0.1, 0.15) is 0 Å². The van der Waals surface area contributed by atoms with Crippen LogP contribution in [-0.2, 0) is 6.54 Å². The van der Waals surface area contributed by atoms with Crippen molar-refractivity contribution in [3.8, 4) is 0 Å². The molecular formula is C12H17ClN2S. The summed E-state index contributed by atoms with van der Waals surface area (Å²) in [6.45, 7) is 5.02. The highest BCUT2D eigenvalue weighted by atomic mass is 35.5. The van der Waals surface area contributed by atoms with Gasteiger partial charge in [-0.25, -0.2) is 0 Å². The number of hydrogen-bond donors (Lipinski definition) is 1. The molecule has 2 N–H and O–H groups in total. The molecule has 0 radical (unpaired) electrons. The summed E-state index contributed by atoms with van der Waals surface area (Å²) in [4.78, 5) is 2.42. The zero-order valence-electron chi connectivity index (χ0n) is 9.45. The summed E-state index contributed by atoms with van der Waals surface area (Å²) in [5.41, 5.74) is 8.16. The van der Waals surface area contributed by atoms with Crippen LogP contribution in [0.3, 0.4) is 0 Å². The second kappa shape index (κ2) is 5.30. The van der Waals surface area contributed by atoms with Crippen LogP contribution < -0.4 is 10.6 Å². The molecule has 0 amide bonds. The molecule has 16 heavy (non-hydrogen) atoms. The standard InChI is InChI=1S/C12H17ClN2S/c1-9-8-15(4-5-16-9)12-3-2-11(13)6-10(12)7-14/h2-3,6,9H,4-5,7-8,14H2,1H3. The minimum Gasteiger partial charge on any atom is -0.369 e. The molecule has 1 atom stereocenters. The van der Waals surface area contributed by atoms with Gasteiger partial charge in [-0.3, -0.25) is 0 Å². The fourth-order valence-corrected chi connectivity index (χ4v) is 3.27. The van der Waals surface area contributed by atoms with Gasteiger partial charge in [-0.2, -0.15) is 11.8 Å². The summed E-state index contributed by atoms with van der Waals surface area (Å²) < 4.78 is 0. The Balaban J connectivity index is 2.24. The smallest absolute Gasteiger partial charge is 0.0413 e. The van der Waals surface area contributed by atoms with Crippen LogP contribution in [0.5, 0.6) is 0 Å². The second-order valence-corrected chi connectivity index (χ2v) is 6.09. The fourth-order valence-electron chi connectivity index (χ4n) is 2.06. The quantitative estimate of drug-likeness (QED) is 0.882. The molecule has 88 valence electrons. The van der Waals surface area contributed by atoms with Gasteiger partial charge in [0.15, 0.2) is 0 Å². The minimum absolute atomic E-state index is 0.550. The molecule has 0 aliphatic carbocycles. The molecule has 1 unspecified atom stereocenters. The molecule has 1 aliphatic rings. The molecule has 0 aromatic heterocycles. The van der Waals surface area contributed by atoms with E-state index in [-0.39, 0.29) is 0 Å². The van der Waals surface area contributed by atoms with Crippen molar-refractivity contribution in [1.82, 2.24) is 0 Å². The van der Waals surface area contributed by atoms with Gasteiger partial charge in [0.05, 0.1) is 0 Å². The maximum Gasteiger partial charge on any atom is 0.0413 e. The Kier molecular flexibility index (Phi) is 4.00. The highest BCUT2D eigenvalue weighted by Crippen LogP contribution is 2.28. The third kappa shape index (κ3) is 2.65. The van der Waals surface area contributed by atoms with Gasteiger partial charge < -0.3 is 10.6 Å². The average molecular weight is 257 g/mol. The van der Waals surface area contributed by atoms with E-state index in [4.69, 9.17) is 17.3 Å². The lowest BCUT2D eigenvalue weighted by atomic mass is 10.1. The number of thioether (sulfide) groups is 1. The number of anilines is 1. The lowest BCUT2D eigenvalue weighted by Crippen LogP contribution is -2.37. The molecule has 0 spiro atoms. The topological polar surface area (TPSA) is 29.3 Å². The van der Waals surface area contributed by atoms with E-state index in [1.165, 1.54) is 11.4 Å². The van der Waals surface area contributed by atoms with Crippen molar-refractivity contribution in [2.24, 2.45) is 5.73 Å². The van der Waals surface area contributed by atoms with Gasteiger partial charge in [-0.15, -0.1) is 0 Å². The van der Waals surface area contributed by atoms with Crippen LogP contribution in [0, 0.1) is 0 Å². The molecule has 0 bridgehead atoms. The fraction of sp³-hybridized carbons (Fsp3) is 0.500. The Morgan fingerprint density at radius 3 is 3.06 bits per heavy atom. The number of benzene rings is 1. The van der Waals surface area contributed by atoms with Crippen LogP contribution >= 0.6 is 23.4 Å². The molecule has 1 fully saturated rings. The second-order valence-electron chi connectivity index (χ2n) is 4.10. The normalized spacial score (nSPS) is 21.2. The first-order valence-electron chi connectivity index (χ1n) is 5.55. The molecule has 1 heterocycles. The summed E-state index contributed by atoms with van der Waals surface area (Å²) in [5, 5.41) is 1.46. The van der Waals surface area contributed by atoms with Crippen LogP contribution in [0.4, 0.5) is 5.69 Å². The monoisotopic (exact) mass is 256 g/mol. The molecule has 1 aromatic carbocycles. The zero-order valence-corrected chi connectivity index (χ0v) is 11.0. The summed E-state index contributed by atoms with van der Waals surface area (Å²) in [6, 6.07) is 6.01. The molecule has 1 aromatic rings. The largest absolute Gasteiger partial charge is 0.369 e. The number of halogens is 1. The van der Waals surface area contributed by atoms with E-state index in [0.717, 1.165) is 23.7 Å². The third-order valence-corrected chi connectivity index (χ3v) is 4.21. The molecule has 4 heteroatoms. The molecule has 1 saturated heterocycles. The number of hydrogen-bond acceptors (Lipinski definition) is 3. The van der Waals surface area contributed by atoms with Crippen molar-refractivity contribution in [2.45, 2.75) is 18.7 Å². The lowest BCUT2D eigenvalue weighted by molar-refractivity contribution is 0.776. The zero-order chi connectivity index (χ0) is 11.5. The number of nitrogens with zero attached hydrogens (tertiary/aromatic N) is 1. The van der Waals surface area contributed by atoms with Crippen molar-refractivity contribution in [1.29, 1.82) is 0 Å². The molecule has 0 saturated carbocycles. The van der Waals surface area contributed by atoms with E-state index >= 15 is 0 Å². The number of rotatable bonds is 2. The van der Waals surface area contributed by atoms with Gasteiger partial charge >= 0.3 is 0 Å². The molecular weight excluding hydrogens is 240 g/mol. The van der Waals surface area contributed by atoms with E-state index in [0.29, 0.717) is 11.8 Å². The van der Waals surface area contributed by atoms with E-state index in [1.807, 2.05) is 23.9 Å². The summed E-state index contributed by atoms with van der Waals surface area (Å²) in [7, 11) is 0. The predicted molar refractivity (Wildman–Crippen MR) is 73.5 cm³/mol. The molecule has 2 nitrogen and oxygen atoms in total. The maximum atomic E-state index is 5.98. The summed E-state index contributed by atoms with van der Waals surface area (Å²) in [6.07, 6.45) is 0. The Bertz CT molecular complexity index is 370. The Morgan fingerprint density at radius 2 is 2.38 bits per heavy atom. The van der Waals surface area contributed by atoms with Crippen molar-refractivity contribution >= 4 is 29.1 Å². The number of nitrogens with two attached hydrogens (primary N) is 1. The van der Waals surface area contributed by atoms with E-state index in [2.05, 4.69) is 17.9 Å². The first kappa shape index (κ1) is 12.1. The molecule has 1 aliphatic heterocycles.